The van der Waals surface area contributed by atoms with Gasteiger partial charge in [-0.2, -0.15) is 5.26 Å². The van der Waals surface area contributed by atoms with Gasteiger partial charge in [0.2, 0.25) is 0 Å². The molecule has 2 aromatic carbocycles. The maximum absolute atomic E-state index is 9.28. The Kier molecular flexibility index (Phi) is 2.97. The van der Waals surface area contributed by atoms with Crippen LogP contribution in [0.1, 0.15) is 34.7 Å². The minimum atomic E-state index is 0.324. The molecule has 1 unspecified atom stereocenters. The summed E-state index contributed by atoms with van der Waals surface area (Å²) in [4.78, 5) is 0. The average molecular weight is 248 g/mol. The van der Waals surface area contributed by atoms with Gasteiger partial charge in [0.1, 0.15) is 6.07 Å². The Hall–Kier alpha value is -2.27. The van der Waals surface area contributed by atoms with Crippen molar-refractivity contribution in [1.82, 2.24) is 0 Å². The average Bonchev–Trinajstić information content (AvgIpc) is 2.83. The molecule has 0 spiro atoms. The number of rotatable bonds is 2. The van der Waals surface area contributed by atoms with Crippen molar-refractivity contribution in [3.8, 4) is 6.07 Å². The van der Waals surface area contributed by atoms with E-state index in [1.165, 1.54) is 11.1 Å². The van der Waals surface area contributed by atoms with Crippen LogP contribution in [0, 0.1) is 18.3 Å². The Morgan fingerprint density at radius 1 is 1.16 bits per heavy atom. The number of nitrogens with one attached hydrogen (secondary N) is 1. The third-order valence-electron chi connectivity index (χ3n) is 3.85. The second-order valence-electron chi connectivity index (χ2n) is 5.04. The highest BCUT2D eigenvalue weighted by Gasteiger charge is 2.22. The molecule has 3 rings (SSSR count). The molecule has 1 aliphatic carbocycles. The monoisotopic (exact) mass is 248 g/mol. The number of aryl methyl sites for hydroxylation is 2. The summed E-state index contributed by atoms with van der Waals surface area (Å²) < 4.78 is 0. The molecule has 0 fully saturated rings. The minimum Gasteiger partial charge on any atom is -0.377 e. The summed E-state index contributed by atoms with van der Waals surface area (Å²) in [5.41, 5.74) is 5.52. The number of nitrogens with zero attached hydrogens (tertiary/aromatic N) is 1. The van der Waals surface area contributed by atoms with E-state index in [0.29, 0.717) is 6.04 Å². The maximum atomic E-state index is 9.28. The molecular formula is C17H16N2. The van der Waals surface area contributed by atoms with Gasteiger partial charge >= 0.3 is 0 Å². The van der Waals surface area contributed by atoms with Crippen molar-refractivity contribution in [3.63, 3.8) is 0 Å². The van der Waals surface area contributed by atoms with E-state index >= 15 is 0 Å². The maximum Gasteiger partial charge on any atom is 0.102 e. The van der Waals surface area contributed by atoms with E-state index in [2.05, 4.69) is 35.7 Å². The quantitative estimate of drug-likeness (QED) is 0.873. The fourth-order valence-electron chi connectivity index (χ4n) is 2.83. The Morgan fingerprint density at radius 3 is 2.84 bits per heavy atom. The van der Waals surface area contributed by atoms with Gasteiger partial charge in [-0.05, 0) is 42.5 Å². The topological polar surface area (TPSA) is 35.8 Å². The van der Waals surface area contributed by atoms with E-state index < -0.39 is 0 Å². The summed E-state index contributed by atoms with van der Waals surface area (Å²) in [6.07, 6.45) is 2.21. The third kappa shape index (κ3) is 2.08. The molecule has 19 heavy (non-hydrogen) atoms. The van der Waals surface area contributed by atoms with Crippen LogP contribution in [-0.2, 0) is 6.42 Å². The predicted molar refractivity (Wildman–Crippen MR) is 77.0 cm³/mol. The van der Waals surface area contributed by atoms with Crippen molar-refractivity contribution in [1.29, 1.82) is 5.26 Å². The molecule has 0 aliphatic heterocycles. The minimum absolute atomic E-state index is 0.324. The Labute approximate surface area is 113 Å². The highest BCUT2D eigenvalue weighted by molar-refractivity contribution is 5.62. The molecule has 1 atom stereocenters. The van der Waals surface area contributed by atoms with Gasteiger partial charge in [-0.15, -0.1) is 0 Å². The number of hydrogen-bond donors (Lipinski definition) is 1. The smallest absolute Gasteiger partial charge is 0.102 e. The summed E-state index contributed by atoms with van der Waals surface area (Å²) >= 11 is 0. The Balaban J connectivity index is 1.92. The summed E-state index contributed by atoms with van der Waals surface area (Å²) in [7, 11) is 0. The Bertz CT molecular complexity index is 653. The lowest BCUT2D eigenvalue weighted by Gasteiger charge is -2.17. The first-order valence-corrected chi connectivity index (χ1v) is 6.63. The summed E-state index contributed by atoms with van der Waals surface area (Å²) in [6.45, 7) is 1.98. The van der Waals surface area contributed by atoms with E-state index in [-0.39, 0.29) is 0 Å². The Morgan fingerprint density at radius 2 is 2.00 bits per heavy atom. The van der Waals surface area contributed by atoms with Crippen LogP contribution in [0.2, 0.25) is 0 Å². The van der Waals surface area contributed by atoms with Gasteiger partial charge in [0.05, 0.1) is 17.3 Å². The van der Waals surface area contributed by atoms with Gasteiger partial charge in [-0.25, -0.2) is 0 Å². The lowest BCUT2D eigenvalue weighted by molar-refractivity contribution is 0.761. The lowest BCUT2D eigenvalue weighted by Crippen LogP contribution is -2.08. The van der Waals surface area contributed by atoms with Gasteiger partial charge in [0.25, 0.3) is 0 Å². The molecule has 0 radical (unpaired) electrons. The molecule has 2 nitrogen and oxygen atoms in total. The number of hydrogen-bond acceptors (Lipinski definition) is 2. The zero-order chi connectivity index (χ0) is 13.2. The van der Waals surface area contributed by atoms with Crippen LogP contribution in [0.25, 0.3) is 0 Å². The zero-order valence-electron chi connectivity index (χ0n) is 11.0. The standard InChI is InChI=1S/C17H16N2/c1-12-5-4-8-16(15(12)11-18)19-17-10-9-13-6-2-3-7-14(13)17/h2-8,17,19H,9-10H2,1H3. The predicted octanol–water partition coefficient (Wildman–Crippen LogP) is 3.97. The molecule has 2 aromatic rings. The molecule has 1 N–H and O–H groups in total. The van der Waals surface area contributed by atoms with Crippen molar-refractivity contribution in [3.05, 3.63) is 64.7 Å². The lowest BCUT2D eigenvalue weighted by atomic mass is 10.0. The molecule has 94 valence electrons. The van der Waals surface area contributed by atoms with E-state index in [4.69, 9.17) is 0 Å². The van der Waals surface area contributed by atoms with Gasteiger partial charge in [0.15, 0.2) is 0 Å². The van der Waals surface area contributed by atoms with Gasteiger partial charge in [-0.1, -0.05) is 36.4 Å². The zero-order valence-corrected chi connectivity index (χ0v) is 11.0. The van der Waals surface area contributed by atoms with Crippen LogP contribution in [0.15, 0.2) is 42.5 Å². The van der Waals surface area contributed by atoms with Crippen molar-refractivity contribution < 1.29 is 0 Å². The highest BCUT2D eigenvalue weighted by atomic mass is 14.9. The summed E-state index contributed by atoms with van der Waals surface area (Å²) in [5.74, 6) is 0. The van der Waals surface area contributed by atoms with Crippen molar-refractivity contribution in [2.75, 3.05) is 5.32 Å². The van der Waals surface area contributed by atoms with Crippen molar-refractivity contribution in [2.45, 2.75) is 25.8 Å². The van der Waals surface area contributed by atoms with Gasteiger partial charge in [0, 0.05) is 0 Å². The first-order valence-electron chi connectivity index (χ1n) is 6.63. The first kappa shape index (κ1) is 11.8. The summed E-state index contributed by atoms with van der Waals surface area (Å²) in [5, 5.41) is 12.8. The van der Waals surface area contributed by atoms with Gasteiger partial charge < -0.3 is 5.32 Å². The van der Waals surface area contributed by atoms with Crippen LogP contribution in [-0.4, -0.2) is 0 Å². The molecular weight excluding hydrogens is 232 g/mol. The number of anilines is 1. The molecule has 0 bridgehead atoms. The molecule has 2 heteroatoms. The van der Waals surface area contributed by atoms with Crippen molar-refractivity contribution in [2.24, 2.45) is 0 Å². The second kappa shape index (κ2) is 4.78. The van der Waals surface area contributed by atoms with Crippen LogP contribution in [0.4, 0.5) is 5.69 Å². The van der Waals surface area contributed by atoms with Crippen molar-refractivity contribution >= 4 is 5.69 Å². The van der Waals surface area contributed by atoms with E-state index in [9.17, 15) is 5.26 Å². The van der Waals surface area contributed by atoms with Crippen LogP contribution < -0.4 is 5.32 Å². The molecule has 0 amide bonds. The van der Waals surface area contributed by atoms with Gasteiger partial charge in [-0.3, -0.25) is 0 Å². The van der Waals surface area contributed by atoms with E-state index in [1.54, 1.807) is 0 Å². The SMILES string of the molecule is Cc1cccc(NC2CCc3ccccc32)c1C#N. The largest absolute Gasteiger partial charge is 0.377 e. The number of fused-ring (bicyclic) bond motifs is 1. The molecule has 0 saturated carbocycles. The van der Waals surface area contributed by atoms with E-state index in [1.807, 2.05) is 25.1 Å². The molecule has 1 aliphatic rings. The fourth-order valence-corrected chi connectivity index (χ4v) is 2.83. The van der Waals surface area contributed by atoms with Crippen LogP contribution in [0.3, 0.4) is 0 Å². The fraction of sp³-hybridized carbons (Fsp3) is 0.235. The van der Waals surface area contributed by atoms with Crippen LogP contribution >= 0.6 is 0 Å². The normalized spacial score (nSPS) is 16.7. The summed E-state index contributed by atoms with van der Waals surface area (Å²) in [6, 6.07) is 17.1. The van der Waals surface area contributed by atoms with E-state index in [0.717, 1.165) is 29.7 Å². The molecule has 0 heterocycles. The van der Waals surface area contributed by atoms with Crippen LogP contribution in [0.5, 0.6) is 0 Å². The third-order valence-corrected chi connectivity index (χ3v) is 3.85. The molecule has 0 saturated heterocycles. The second-order valence-corrected chi connectivity index (χ2v) is 5.04. The molecule has 0 aromatic heterocycles. The first-order chi connectivity index (χ1) is 9.29. The number of nitriles is 1. The number of benzene rings is 2. The highest BCUT2D eigenvalue weighted by Crippen LogP contribution is 2.34.